The Bertz CT molecular complexity index is 701. The second kappa shape index (κ2) is 7.21. The van der Waals surface area contributed by atoms with Crippen LogP contribution in [0.5, 0.6) is 0 Å². The minimum absolute atomic E-state index is 0.0771. The Morgan fingerprint density at radius 2 is 1.93 bits per heavy atom. The summed E-state index contributed by atoms with van der Waals surface area (Å²) in [7, 11) is 0. The van der Waals surface area contributed by atoms with Crippen LogP contribution in [0.25, 0.3) is 0 Å². The van der Waals surface area contributed by atoms with E-state index < -0.39 is 55.8 Å². The number of alkyl halides is 1. The van der Waals surface area contributed by atoms with Gasteiger partial charge in [0.2, 0.25) is 0 Å². The van der Waals surface area contributed by atoms with Crippen molar-refractivity contribution in [2.24, 2.45) is 0 Å². The summed E-state index contributed by atoms with van der Waals surface area (Å²) in [5.74, 6) is 0. The van der Waals surface area contributed by atoms with E-state index >= 15 is 0 Å². The fraction of sp³-hybridized carbons (Fsp3) is 1.00. The number of thiol groups is 1. The van der Waals surface area contributed by atoms with Crippen LogP contribution >= 0.6 is 25.8 Å². The van der Waals surface area contributed by atoms with Gasteiger partial charge in [-0.1, -0.05) is 12.2 Å². The maximum absolute atomic E-state index is 14.5. The van der Waals surface area contributed by atoms with E-state index in [1.54, 1.807) is 6.92 Å². The molecule has 0 aliphatic carbocycles. The smallest absolute Gasteiger partial charge is 0.369 e. The van der Waals surface area contributed by atoms with E-state index in [1.807, 2.05) is 0 Å². The summed E-state index contributed by atoms with van der Waals surface area (Å²) in [4.78, 5) is 10.5. The summed E-state index contributed by atoms with van der Waals surface area (Å²) >= 11 is 9.05. The Labute approximate surface area is 166 Å². The lowest BCUT2D eigenvalue weighted by atomic mass is 10.0. The highest BCUT2D eigenvalue weighted by Crippen LogP contribution is 2.59. The number of ether oxygens (including phenoxy) is 3. The van der Waals surface area contributed by atoms with Crippen molar-refractivity contribution in [1.82, 2.24) is 0 Å². The third kappa shape index (κ3) is 3.94. The molecule has 10 atom stereocenters. The topological polar surface area (TPSA) is 102 Å². The fourth-order valence-electron chi connectivity index (χ4n) is 3.82. The molecular formula is C13H21FO9P2S2. The fourth-order valence-corrected chi connectivity index (χ4v) is 6.78. The third-order valence-electron chi connectivity index (χ3n) is 5.11. The van der Waals surface area contributed by atoms with Crippen molar-refractivity contribution in [3.63, 3.8) is 0 Å². The number of hydrogen-bond acceptors (Lipinski definition) is 9. The molecule has 9 nitrogen and oxygen atoms in total. The van der Waals surface area contributed by atoms with Crippen LogP contribution in [0, 0.1) is 0 Å². The van der Waals surface area contributed by atoms with E-state index in [0.29, 0.717) is 0 Å². The molecule has 0 amide bonds. The SMILES string of the molecule is C[C@@H]1O[C@@H]2COP(O)(=S)O[C@H]3[C@H]4OC[C@]3(COP(=O)(S)O[C@H]2[C@H]1F)O[C@H]4C. The van der Waals surface area contributed by atoms with E-state index in [9.17, 15) is 13.8 Å². The monoisotopic (exact) mass is 466 g/mol. The van der Waals surface area contributed by atoms with Crippen LogP contribution in [-0.4, -0.2) is 73.1 Å². The molecule has 4 rings (SSSR count). The molecule has 27 heavy (non-hydrogen) atoms. The van der Waals surface area contributed by atoms with Gasteiger partial charge in [-0.05, 0) is 25.7 Å². The quantitative estimate of drug-likeness (QED) is 0.406. The summed E-state index contributed by atoms with van der Waals surface area (Å²) in [5.41, 5.74) is -1.16. The average Bonchev–Trinajstić information content (AvgIpc) is 3.13. The van der Waals surface area contributed by atoms with Gasteiger partial charge in [0.05, 0.1) is 32.0 Å². The lowest BCUT2D eigenvalue weighted by Gasteiger charge is -2.33. The molecule has 0 aromatic carbocycles. The highest BCUT2D eigenvalue weighted by molar-refractivity contribution is 8.44. The zero-order chi connectivity index (χ0) is 19.6. The van der Waals surface area contributed by atoms with Gasteiger partial charge in [0.15, 0.2) is 6.17 Å². The largest absolute Gasteiger partial charge is 0.386 e. The van der Waals surface area contributed by atoms with Crippen molar-refractivity contribution in [3.05, 3.63) is 0 Å². The van der Waals surface area contributed by atoms with E-state index in [1.165, 1.54) is 6.92 Å². The van der Waals surface area contributed by atoms with E-state index in [0.717, 1.165) is 0 Å². The van der Waals surface area contributed by atoms with Gasteiger partial charge < -0.3 is 23.6 Å². The highest BCUT2D eigenvalue weighted by Gasteiger charge is 2.63. The van der Waals surface area contributed by atoms with Crippen LogP contribution < -0.4 is 0 Å². The molecule has 0 spiro atoms. The van der Waals surface area contributed by atoms with E-state index in [2.05, 4.69) is 12.2 Å². The predicted molar refractivity (Wildman–Crippen MR) is 97.0 cm³/mol. The van der Waals surface area contributed by atoms with Gasteiger partial charge in [-0.3, -0.25) is 13.6 Å². The van der Waals surface area contributed by atoms with E-state index in [4.69, 9.17) is 44.1 Å². The zero-order valence-corrected chi connectivity index (χ0v) is 18.0. The van der Waals surface area contributed by atoms with Crippen molar-refractivity contribution < 1.29 is 46.2 Å². The van der Waals surface area contributed by atoms with Crippen LogP contribution in [0.15, 0.2) is 0 Å². The van der Waals surface area contributed by atoms with Crippen LogP contribution in [0.2, 0.25) is 0 Å². The zero-order valence-electron chi connectivity index (χ0n) is 14.5. The van der Waals surface area contributed by atoms with Crippen LogP contribution in [0.3, 0.4) is 0 Å². The molecule has 4 saturated heterocycles. The summed E-state index contributed by atoms with van der Waals surface area (Å²) < 4.78 is 65.9. The number of fused-ring (bicyclic) bond motifs is 1. The first-order valence-corrected chi connectivity index (χ1v) is 13.7. The molecule has 0 saturated carbocycles. The Morgan fingerprint density at radius 1 is 1.19 bits per heavy atom. The summed E-state index contributed by atoms with van der Waals surface area (Å²) in [5, 5.41) is 0. The lowest BCUT2D eigenvalue weighted by Crippen LogP contribution is -2.46. The van der Waals surface area contributed by atoms with Crippen molar-refractivity contribution in [2.75, 3.05) is 19.8 Å². The van der Waals surface area contributed by atoms with Gasteiger partial charge in [-0.25, -0.2) is 8.96 Å². The molecule has 1 N–H and O–H groups in total. The van der Waals surface area contributed by atoms with Gasteiger partial charge >= 0.3 is 13.5 Å². The standard InChI is InChI=1S/C13H21FO9P2S2/c1-6-9(14)11-8(20-6)3-18-24(15,26)23-12-10-7(2)21-13(12,4-17-10)5-19-25(16,27)22-11/h6-12H,3-5H2,1-2H3,(H,15,26)(H,16,27)/t6-,7-,8+,9-,10-,11+,12-,13+,24?,25?/m0/s1. The lowest BCUT2D eigenvalue weighted by molar-refractivity contribution is -0.152. The van der Waals surface area contributed by atoms with Crippen molar-refractivity contribution in [1.29, 1.82) is 0 Å². The van der Waals surface area contributed by atoms with Crippen LogP contribution in [0.4, 0.5) is 4.39 Å². The second-order valence-electron chi connectivity index (χ2n) is 7.09. The Balaban J connectivity index is 1.63. The second-order valence-corrected chi connectivity index (χ2v) is 12.8. The van der Waals surface area contributed by atoms with Crippen LogP contribution in [0.1, 0.15) is 13.8 Å². The van der Waals surface area contributed by atoms with Crippen LogP contribution in [-0.2, 0) is 48.7 Å². The minimum Gasteiger partial charge on any atom is -0.369 e. The number of halogens is 1. The molecule has 4 fully saturated rings. The first kappa shape index (κ1) is 21.1. The number of rotatable bonds is 0. The maximum Gasteiger partial charge on any atom is 0.386 e. The number of hydrogen-bond donors (Lipinski definition) is 2. The molecular weight excluding hydrogens is 445 g/mol. The maximum atomic E-state index is 14.5. The molecule has 156 valence electrons. The third-order valence-corrected chi connectivity index (χ3v) is 8.25. The van der Waals surface area contributed by atoms with Crippen molar-refractivity contribution >= 4 is 37.6 Å². The molecule has 0 radical (unpaired) electrons. The summed E-state index contributed by atoms with van der Waals surface area (Å²) in [6.45, 7) is -4.91. The molecule has 14 heteroatoms. The minimum atomic E-state index is -3.96. The normalized spacial score (nSPS) is 58.9. The van der Waals surface area contributed by atoms with Gasteiger partial charge in [-0.15, -0.1) is 0 Å². The first-order chi connectivity index (χ1) is 12.5. The molecule has 0 aromatic rings. The van der Waals surface area contributed by atoms with Gasteiger partial charge in [0.1, 0.15) is 30.0 Å². The van der Waals surface area contributed by atoms with Gasteiger partial charge in [-0.2, -0.15) is 0 Å². The Morgan fingerprint density at radius 3 is 2.63 bits per heavy atom. The summed E-state index contributed by atoms with van der Waals surface area (Å²) in [6, 6.07) is 0. The van der Waals surface area contributed by atoms with Gasteiger partial charge in [0, 0.05) is 0 Å². The van der Waals surface area contributed by atoms with Gasteiger partial charge in [0.25, 0.3) is 0 Å². The highest BCUT2D eigenvalue weighted by atomic mass is 32.7. The molecule has 4 aliphatic heterocycles. The predicted octanol–water partition coefficient (Wildman–Crippen LogP) is 1.74. The molecule has 4 heterocycles. The molecule has 0 aromatic heterocycles. The molecule has 4 aliphatic rings. The van der Waals surface area contributed by atoms with Crippen molar-refractivity contribution in [2.45, 2.75) is 62.2 Å². The first-order valence-electron chi connectivity index (χ1n) is 8.42. The van der Waals surface area contributed by atoms with E-state index in [-0.39, 0.29) is 25.9 Å². The average molecular weight is 466 g/mol. The summed E-state index contributed by atoms with van der Waals surface area (Å²) in [6.07, 6.45) is -6.29. The Kier molecular flexibility index (Phi) is 5.63. The molecule has 2 bridgehead atoms. The molecule has 2 unspecified atom stereocenters. The Hall–Kier alpha value is 0.840. The van der Waals surface area contributed by atoms with Crippen molar-refractivity contribution in [3.8, 4) is 0 Å².